The van der Waals surface area contributed by atoms with Gasteiger partial charge in [-0.15, -0.1) is 11.6 Å². The number of rotatable bonds is 5. The van der Waals surface area contributed by atoms with Crippen LogP contribution in [0.3, 0.4) is 0 Å². The van der Waals surface area contributed by atoms with Crippen LogP contribution in [0.1, 0.15) is 30.7 Å². The summed E-state index contributed by atoms with van der Waals surface area (Å²) in [5.41, 5.74) is 7.56. The number of hydrogen-bond donors (Lipinski definition) is 0. The SMILES string of the molecule is CCc1nc(-c2ccccc2)n2c(c1CC)c(CCCl)c1ccccc12. The fourth-order valence-corrected chi connectivity index (χ4v) is 4.21. The Balaban J connectivity index is 2.24. The topological polar surface area (TPSA) is 17.3 Å². The summed E-state index contributed by atoms with van der Waals surface area (Å²) in [7, 11) is 0. The maximum absolute atomic E-state index is 6.19. The zero-order chi connectivity index (χ0) is 18.1. The van der Waals surface area contributed by atoms with E-state index in [2.05, 4.69) is 72.8 Å². The first-order valence-electron chi connectivity index (χ1n) is 9.35. The molecule has 0 N–H and O–H groups in total. The zero-order valence-corrected chi connectivity index (χ0v) is 16.1. The summed E-state index contributed by atoms with van der Waals surface area (Å²) in [5.74, 6) is 1.64. The molecule has 0 spiro atoms. The van der Waals surface area contributed by atoms with Gasteiger partial charge < -0.3 is 0 Å². The molecule has 2 aromatic carbocycles. The number of benzene rings is 2. The number of halogens is 1. The van der Waals surface area contributed by atoms with Gasteiger partial charge in [-0.1, -0.05) is 62.4 Å². The highest BCUT2D eigenvalue weighted by Crippen LogP contribution is 2.35. The van der Waals surface area contributed by atoms with Gasteiger partial charge in [0.05, 0.1) is 11.0 Å². The predicted molar refractivity (Wildman–Crippen MR) is 111 cm³/mol. The molecule has 4 aromatic rings. The van der Waals surface area contributed by atoms with E-state index in [1.165, 1.54) is 33.2 Å². The van der Waals surface area contributed by atoms with Gasteiger partial charge in [0.1, 0.15) is 5.82 Å². The summed E-state index contributed by atoms with van der Waals surface area (Å²) in [4.78, 5) is 5.11. The average Bonchev–Trinajstić information content (AvgIpc) is 3.02. The van der Waals surface area contributed by atoms with Crippen LogP contribution in [0.4, 0.5) is 0 Å². The zero-order valence-electron chi connectivity index (χ0n) is 15.3. The number of alkyl halides is 1. The van der Waals surface area contributed by atoms with Gasteiger partial charge in [-0.3, -0.25) is 4.40 Å². The highest BCUT2D eigenvalue weighted by Gasteiger charge is 2.20. The van der Waals surface area contributed by atoms with Crippen molar-refractivity contribution >= 4 is 28.0 Å². The smallest absolute Gasteiger partial charge is 0.145 e. The summed E-state index contributed by atoms with van der Waals surface area (Å²) < 4.78 is 2.35. The maximum Gasteiger partial charge on any atom is 0.145 e. The first-order valence-corrected chi connectivity index (χ1v) is 9.88. The van der Waals surface area contributed by atoms with Crippen LogP contribution in [0.2, 0.25) is 0 Å². The van der Waals surface area contributed by atoms with Crippen LogP contribution in [0, 0.1) is 0 Å². The Bertz CT molecular complexity index is 1060. The van der Waals surface area contributed by atoms with E-state index in [4.69, 9.17) is 16.6 Å². The first kappa shape index (κ1) is 17.1. The van der Waals surface area contributed by atoms with Crippen molar-refractivity contribution in [2.75, 3.05) is 5.88 Å². The van der Waals surface area contributed by atoms with E-state index >= 15 is 0 Å². The van der Waals surface area contributed by atoms with Gasteiger partial charge in [0.2, 0.25) is 0 Å². The molecule has 2 nitrogen and oxygen atoms in total. The van der Waals surface area contributed by atoms with E-state index in [1.807, 2.05) is 0 Å². The Hall–Kier alpha value is -2.32. The van der Waals surface area contributed by atoms with Crippen LogP contribution < -0.4 is 0 Å². The Morgan fingerprint density at radius 1 is 0.885 bits per heavy atom. The summed E-state index contributed by atoms with van der Waals surface area (Å²) in [5, 5.41) is 1.29. The molecule has 0 amide bonds. The van der Waals surface area contributed by atoms with Crippen LogP contribution in [0.15, 0.2) is 54.6 Å². The molecule has 0 saturated heterocycles. The Morgan fingerprint density at radius 2 is 1.62 bits per heavy atom. The largest absolute Gasteiger partial charge is 0.293 e. The standard InChI is InChI=1S/C23H23ClN2/c1-3-17-20(4-2)25-23(16-10-6-5-7-11-16)26-21-13-9-8-12-18(21)19(14-15-24)22(17)26/h5-13H,3-4,14-15H2,1-2H3. The van der Waals surface area contributed by atoms with E-state index in [0.717, 1.165) is 30.7 Å². The molecule has 0 aliphatic carbocycles. The molecule has 2 aromatic heterocycles. The number of fused-ring (bicyclic) bond motifs is 3. The van der Waals surface area contributed by atoms with Gasteiger partial charge in [-0.05, 0) is 36.5 Å². The van der Waals surface area contributed by atoms with Gasteiger partial charge in [0.15, 0.2) is 0 Å². The fourth-order valence-electron chi connectivity index (χ4n) is 4.02. The molecule has 0 saturated carbocycles. The molecule has 0 unspecified atom stereocenters. The molecule has 0 radical (unpaired) electrons. The second kappa shape index (κ2) is 7.13. The molecule has 0 atom stereocenters. The molecule has 4 rings (SSSR count). The summed E-state index contributed by atoms with van der Waals surface area (Å²) in [6, 6.07) is 19.1. The Labute approximate surface area is 159 Å². The minimum Gasteiger partial charge on any atom is -0.293 e. The lowest BCUT2D eigenvalue weighted by Gasteiger charge is -2.15. The summed E-state index contributed by atoms with van der Waals surface area (Å²) >= 11 is 6.19. The Morgan fingerprint density at radius 3 is 2.31 bits per heavy atom. The molecule has 3 heteroatoms. The third-order valence-electron chi connectivity index (χ3n) is 5.13. The lowest BCUT2D eigenvalue weighted by Crippen LogP contribution is -2.06. The van der Waals surface area contributed by atoms with Crippen molar-refractivity contribution in [2.45, 2.75) is 33.1 Å². The number of para-hydroxylation sites is 1. The molecule has 0 aliphatic heterocycles. The molecular weight excluding hydrogens is 340 g/mol. The van der Waals surface area contributed by atoms with Crippen LogP contribution in [0.5, 0.6) is 0 Å². The molecule has 0 fully saturated rings. The molecule has 132 valence electrons. The monoisotopic (exact) mass is 362 g/mol. The quantitative estimate of drug-likeness (QED) is 0.394. The van der Waals surface area contributed by atoms with E-state index in [0.29, 0.717) is 5.88 Å². The second-order valence-electron chi connectivity index (χ2n) is 6.55. The first-order chi connectivity index (χ1) is 12.8. The van der Waals surface area contributed by atoms with E-state index < -0.39 is 0 Å². The summed E-state index contributed by atoms with van der Waals surface area (Å²) in [6.45, 7) is 4.41. The van der Waals surface area contributed by atoms with E-state index in [1.54, 1.807) is 0 Å². The third kappa shape index (κ3) is 2.60. The van der Waals surface area contributed by atoms with E-state index in [-0.39, 0.29) is 0 Å². The molecular formula is C23H23ClN2. The molecule has 2 heterocycles. The molecule has 0 aliphatic rings. The highest BCUT2D eigenvalue weighted by molar-refractivity contribution is 6.18. The van der Waals surface area contributed by atoms with E-state index in [9.17, 15) is 0 Å². The maximum atomic E-state index is 6.19. The van der Waals surface area contributed by atoms with Crippen LogP contribution in [-0.4, -0.2) is 15.3 Å². The second-order valence-corrected chi connectivity index (χ2v) is 6.93. The van der Waals surface area contributed by atoms with Crippen LogP contribution >= 0.6 is 11.6 Å². The van der Waals surface area contributed by atoms with Crippen molar-refractivity contribution in [2.24, 2.45) is 0 Å². The normalized spacial score (nSPS) is 11.5. The van der Waals surface area contributed by atoms with Crippen LogP contribution in [-0.2, 0) is 19.3 Å². The third-order valence-corrected chi connectivity index (χ3v) is 5.32. The number of aryl methyl sites for hydroxylation is 3. The lowest BCUT2D eigenvalue weighted by molar-refractivity contribution is 0.937. The fraction of sp³-hybridized carbons (Fsp3) is 0.261. The van der Waals surface area contributed by atoms with Crippen molar-refractivity contribution in [3.05, 3.63) is 71.4 Å². The van der Waals surface area contributed by atoms with Crippen molar-refractivity contribution in [1.82, 2.24) is 9.38 Å². The molecule has 0 bridgehead atoms. The van der Waals surface area contributed by atoms with Crippen molar-refractivity contribution < 1.29 is 0 Å². The number of hydrogen-bond acceptors (Lipinski definition) is 1. The lowest BCUT2D eigenvalue weighted by atomic mass is 10.0. The average molecular weight is 363 g/mol. The molecule has 26 heavy (non-hydrogen) atoms. The minimum absolute atomic E-state index is 0.622. The van der Waals surface area contributed by atoms with Gasteiger partial charge in [-0.2, -0.15) is 0 Å². The predicted octanol–water partition coefficient (Wildman–Crippen LogP) is 6.06. The Kier molecular flexibility index (Phi) is 4.69. The van der Waals surface area contributed by atoms with Gasteiger partial charge in [0.25, 0.3) is 0 Å². The highest BCUT2D eigenvalue weighted by atomic mass is 35.5. The number of nitrogens with zero attached hydrogens (tertiary/aromatic N) is 2. The number of aromatic nitrogens is 2. The van der Waals surface area contributed by atoms with Crippen LogP contribution in [0.25, 0.3) is 27.8 Å². The minimum atomic E-state index is 0.622. The van der Waals surface area contributed by atoms with Crippen molar-refractivity contribution in [3.63, 3.8) is 0 Å². The summed E-state index contributed by atoms with van der Waals surface area (Å²) in [6.07, 6.45) is 2.77. The van der Waals surface area contributed by atoms with Gasteiger partial charge >= 0.3 is 0 Å². The van der Waals surface area contributed by atoms with Gasteiger partial charge in [-0.25, -0.2) is 4.98 Å². The van der Waals surface area contributed by atoms with Crippen molar-refractivity contribution in [1.29, 1.82) is 0 Å². The van der Waals surface area contributed by atoms with Gasteiger partial charge in [0, 0.05) is 22.5 Å². The van der Waals surface area contributed by atoms with Crippen molar-refractivity contribution in [3.8, 4) is 11.4 Å².